The van der Waals surface area contributed by atoms with Crippen molar-refractivity contribution in [3.8, 4) is 0 Å². The highest BCUT2D eigenvalue weighted by Gasteiger charge is 2.31. The van der Waals surface area contributed by atoms with Crippen LogP contribution in [0.1, 0.15) is 27.7 Å². The van der Waals surface area contributed by atoms with Gasteiger partial charge >= 0.3 is 13.7 Å². The van der Waals surface area contributed by atoms with Crippen molar-refractivity contribution in [2.45, 2.75) is 39.8 Å². The van der Waals surface area contributed by atoms with Gasteiger partial charge in [-0.05, 0) is 39.8 Å². The number of carbonyl (C=O) groups is 1. The van der Waals surface area contributed by atoms with Gasteiger partial charge in [0.2, 0.25) is 0 Å². The van der Waals surface area contributed by atoms with Gasteiger partial charge < -0.3 is 9.26 Å². The molecule has 0 saturated heterocycles. The van der Waals surface area contributed by atoms with E-state index in [4.69, 9.17) is 13.8 Å². The second-order valence-electron chi connectivity index (χ2n) is 4.39. The average Bonchev–Trinajstić information content (AvgIpc) is 2.42. The Balaban J connectivity index is 4.87. The number of carbonyl (C=O) groups excluding carboxylic acids is 1. The third-order valence-corrected chi connectivity index (χ3v) is 3.84. The molecule has 1 unspecified atom stereocenters. The third-order valence-electron chi connectivity index (χ3n) is 2.20. The van der Waals surface area contributed by atoms with Crippen LogP contribution in [0.3, 0.4) is 0 Å². The molecule has 0 heterocycles. The summed E-state index contributed by atoms with van der Waals surface area (Å²) in [4.78, 5) is 11.7. The largest absolute Gasteiger partial charge is 0.462 e. The van der Waals surface area contributed by atoms with Crippen molar-refractivity contribution in [2.24, 2.45) is 0 Å². The van der Waals surface area contributed by atoms with Crippen molar-refractivity contribution >= 4 is 13.7 Å². The van der Waals surface area contributed by atoms with Crippen molar-refractivity contribution in [1.29, 1.82) is 0 Å². The molecule has 0 radical (unpaired) electrons. The maximum atomic E-state index is 12.5. The predicted molar refractivity (Wildman–Crippen MR) is 82.6 cm³/mol. The summed E-state index contributed by atoms with van der Waals surface area (Å²) in [5.41, 5.74) is 0. The Morgan fingerprint density at radius 1 is 1.33 bits per heavy atom. The van der Waals surface area contributed by atoms with Crippen LogP contribution in [-0.2, 0) is 23.1 Å². The van der Waals surface area contributed by atoms with E-state index in [2.05, 4.69) is 11.7 Å². The summed E-state index contributed by atoms with van der Waals surface area (Å²) in [5, 5.41) is 2.53. The zero-order chi connectivity index (χ0) is 16.5. The van der Waals surface area contributed by atoms with Crippen molar-refractivity contribution in [1.82, 2.24) is 5.09 Å². The first-order valence-electron chi connectivity index (χ1n) is 6.57. The van der Waals surface area contributed by atoms with Gasteiger partial charge in [0.05, 0.1) is 6.10 Å². The minimum atomic E-state index is -3.67. The highest BCUT2D eigenvalue weighted by atomic mass is 31.2. The number of allylic oxidation sites excluding steroid dienone is 4. The molecule has 0 bridgehead atoms. The van der Waals surface area contributed by atoms with Crippen molar-refractivity contribution in [3.63, 3.8) is 0 Å². The molecule has 1 N–H and O–H groups in total. The first kappa shape index (κ1) is 19.6. The highest BCUT2D eigenvalue weighted by molar-refractivity contribution is 7.51. The molecule has 0 aromatic heterocycles. The number of hydrogen-bond acceptors (Lipinski definition) is 5. The minimum Gasteiger partial charge on any atom is -0.462 e. The fourth-order valence-corrected chi connectivity index (χ4v) is 2.48. The van der Waals surface area contributed by atoms with Crippen LogP contribution in [0, 0.1) is 0 Å². The van der Waals surface area contributed by atoms with E-state index in [1.54, 1.807) is 45.1 Å². The first-order valence-corrected chi connectivity index (χ1v) is 8.11. The van der Waals surface area contributed by atoms with E-state index in [0.717, 1.165) is 0 Å². The van der Waals surface area contributed by atoms with Gasteiger partial charge in [-0.1, -0.05) is 18.7 Å². The van der Waals surface area contributed by atoms with Crippen LogP contribution in [0.2, 0.25) is 0 Å². The fourth-order valence-electron chi connectivity index (χ4n) is 1.22. The second kappa shape index (κ2) is 9.55. The Hall–Kier alpha value is -1.36. The predicted octanol–water partition coefficient (Wildman–Crippen LogP) is 3.33. The van der Waals surface area contributed by atoms with Crippen LogP contribution in [0.5, 0.6) is 0 Å². The van der Waals surface area contributed by atoms with Gasteiger partial charge in [0.15, 0.2) is 0 Å². The van der Waals surface area contributed by atoms with E-state index >= 15 is 0 Å². The molecule has 0 rings (SSSR count). The van der Waals surface area contributed by atoms with Crippen molar-refractivity contribution < 1.29 is 23.1 Å². The Morgan fingerprint density at radius 2 is 1.95 bits per heavy atom. The minimum absolute atomic E-state index is 0.258. The molecule has 7 heteroatoms. The lowest BCUT2D eigenvalue weighted by molar-refractivity contribution is -0.149. The van der Waals surface area contributed by atoms with E-state index in [0.29, 0.717) is 5.76 Å². The standard InChI is InChI=1S/C14H24NO5P/c1-7-9-10-13(8-2)20-21(17,18-6)15-12(5)14(16)19-11(3)4/h7-12H,1H2,2-6H3,(H,15,17)/b10-9-,13-8+/t12?,21-/m0/s1. The van der Waals surface area contributed by atoms with Crippen LogP contribution in [0.4, 0.5) is 0 Å². The van der Waals surface area contributed by atoms with Gasteiger partial charge in [-0.25, -0.2) is 4.57 Å². The molecule has 0 fully saturated rings. The van der Waals surface area contributed by atoms with Crippen LogP contribution in [0.15, 0.2) is 36.6 Å². The number of rotatable bonds is 9. The molecular weight excluding hydrogens is 293 g/mol. The van der Waals surface area contributed by atoms with Crippen molar-refractivity contribution in [3.05, 3.63) is 36.6 Å². The smallest absolute Gasteiger partial charge is 0.459 e. The molecule has 0 aliphatic carbocycles. The topological polar surface area (TPSA) is 73.9 Å². The lowest BCUT2D eigenvalue weighted by Crippen LogP contribution is -2.35. The van der Waals surface area contributed by atoms with Crippen molar-refractivity contribution in [2.75, 3.05) is 7.11 Å². The molecule has 0 aromatic rings. The van der Waals surface area contributed by atoms with E-state index in [1.807, 2.05) is 0 Å². The molecule has 0 aliphatic heterocycles. The lowest BCUT2D eigenvalue weighted by Gasteiger charge is -2.22. The Labute approximate surface area is 126 Å². The second-order valence-corrected chi connectivity index (χ2v) is 6.19. The summed E-state index contributed by atoms with van der Waals surface area (Å²) < 4.78 is 27.7. The summed E-state index contributed by atoms with van der Waals surface area (Å²) >= 11 is 0. The van der Waals surface area contributed by atoms with Crippen LogP contribution in [0.25, 0.3) is 0 Å². The number of nitrogens with one attached hydrogen (secondary N) is 1. The van der Waals surface area contributed by atoms with E-state index in [-0.39, 0.29) is 6.10 Å². The van der Waals surface area contributed by atoms with Crippen LogP contribution in [-0.4, -0.2) is 25.2 Å². The molecule has 0 amide bonds. The monoisotopic (exact) mass is 317 g/mol. The number of hydrogen-bond donors (Lipinski definition) is 1. The Morgan fingerprint density at radius 3 is 2.38 bits per heavy atom. The van der Waals surface area contributed by atoms with Crippen LogP contribution >= 0.6 is 7.75 Å². The number of esters is 1. The van der Waals surface area contributed by atoms with Gasteiger partial charge in [-0.3, -0.25) is 9.32 Å². The van der Waals surface area contributed by atoms with Gasteiger partial charge in [0.25, 0.3) is 0 Å². The highest BCUT2D eigenvalue weighted by Crippen LogP contribution is 2.45. The first-order chi connectivity index (χ1) is 9.77. The quantitative estimate of drug-likeness (QED) is 0.304. The third kappa shape index (κ3) is 7.85. The molecule has 6 nitrogen and oxygen atoms in total. The maximum Gasteiger partial charge on any atom is 0.459 e. The normalized spacial score (nSPS) is 16.6. The zero-order valence-electron chi connectivity index (χ0n) is 13.2. The SMILES string of the molecule is C=C/C=C\C(=C/C)O[P@](=O)(NC(C)C(=O)OC(C)C)OC. The van der Waals surface area contributed by atoms with E-state index in [1.165, 1.54) is 14.0 Å². The molecular formula is C14H24NO5P. The molecule has 21 heavy (non-hydrogen) atoms. The van der Waals surface area contributed by atoms with E-state index in [9.17, 15) is 9.36 Å². The Kier molecular flexibility index (Phi) is 8.93. The van der Waals surface area contributed by atoms with Gasteiger partial charge in [-0.2, -0.15) is 5.09 Å². The van der Waals surface area contributed by atoms with Gasteiger partial charge in [0, 0.05) is 7.11 Å². The number of ether oxygens (including phenoxy) is 1. The molecule has 0 saturated carbocycles. The Bertz CT molecular complexity index is 456. The summed E-state index contributed by atoms with van der Waals surface area (Å²) in [5.74, 6) is -0.202. The van der Waals surface area contributed by atoms with E-state index < -0.39 is 19.8 Å². The maximum absolute atomic E-state index is 12.5. The lowest BCUT2D eigenvalue weighted by atomic mass is 10.4. The summed E-state index contributed by atoms with van der Waals surface area (Å²) in [7, 11) is -2.44. The zero-order valence-corrected chi connectivity index (χ0v) is 14.1. The molecule has 2 atom stereocenters. The van der Waals surface area contributed by atoms with Gasteiger partial charge in [-0.15, -0.1) is 0 Å². The van der Waals surface area contributed by atoms with Crippen LogP contribution < -0.4 is 5.09 Å². The molecule has 120 valence electrons. The average molecular weight is 317 g/mol. The molecule has 0 spiro atoms. The fraction of sp³-hybridized carbons (Fsp3) is 0.500. The molecule has 0 aromatic carbocycles. The summed E-state index contributed by atoms with van der Waals surface area (Å²) in [6.07, 6.45) is 6.13. The molecule has 0 aliphatic rings. The summed E-state index contributed by atoms with van der Waals surface area (Å²) in [6, 6.07) is -0.834. The summed E-state index contributed by atoms with van der Waals surface area (Å²) in [6.45, 7) is 10.2. The van der Waals surface area contributed by atoms with Gasteiger partial charge in [0.1, 0.15) is 11.8 Å².